The second-order valence-corrected chi connectivity index (χ2v) is 5.13. The molecule has 0 aliphatic rings. The van der Waals surface area contributed by atoms with Crippen molar-refractivity contribution >= 4 is 23.2 Å². The van der Waals surface area contributed by atoms with Crippen LogP contribution in [-0.2, 0) is 6.54 Å². The number of nitrogen functional groups attached to an aromatic ring is 1. The molecule has 104 valence electrons. The Morgan fingerprint density at radius 1 is 1.15 bits per heavy atom. The molecule has 0 unspecified atom stereocenters. The molecule has 2 aromatic rings. The molecule has 0 radical (unpaired) electrons. The molecule has 0 spiro atoms. The van der Waals surface area contributed by atoms with Gasteiger partial charge in [-0.05, 0) is 48.7 Å². The Kier molecular flexibility index (Phi) is 4.30. The molecule has 0 saturated carbocycles. The summed E-state index contributed by atoms with van der Waals surface area (Å²) < 4.78 is 0. The van der Waals surface area contributed by atoms with Gasteiger partial charge in [0.05, 0.1) is 0 Å². The number of halogens is 1. The Balaban J connectivity index is 2.13. The van der Waals surface area contributed by atoms with Crippen molar-refractivity contribution in [3.8, 4) is 0 Å². The number of carbonyl (C=O) groups is 1. The molecular formula is C16H17ClN2O. The third-order valence-electron chi connectivity index (χ3n) is 3.44. The predicted octanol–water partition coefficient (Wildman–Crippen LogP) is 3.47. The van der Waals surface area contributed by atoms with Crippen LogP contribution in [0.3, 0.4) is 0 Å². The maximum Gasteiger partial charge on any atom is 0.251 e. The first-order chi connectivity index (χ1) is 9.50. The van der Waals surface area contributed by atoms with Crippen LogP contribution in [0.5, 0.6) is 0 Å². The summed E-state index contributed by atoms with van der Waals surface area (Å²) in [6.07, 6.45) is 0. The molecule has 0 atom stereocenters. The van der Waals surface area contributed by atoms with E-state index in [0.717, 1.165) is 22.4 Å². The van der Waals surface area contributed by atoms with E-state index in [1.54, 1.807) is 18.2 Å². The van der Waals surface area contributed by atoms with E-state index in [1.807, 2.05) is 32.0 Å². The first-order valence-corrected chi connectivity index (χ1v) is 6.75. The van der Waals surface area contributed by atoms with E-state index in [9.17, 15) is 4.79 Å². The third-order valence-corrected chi connectivity index (χ3v) is 3.85. The molecular weight excluding hydrogens is 272 g/mol. The zero-order valence-corrected chi connectivity index (χ0v) is 12.3. The van der Waals surface area contributed by atoms with Gasteiger partial charge in [0.25, 0.3) is 5.91 Å². The second-order valence-electron chi connectivity index (χ2n) is 4.73. The summed E-state index contributed by atoms with van der Waals surface area (Å²) in [6.45, 7) is 4.23. The summed E-state index contributed by atoms with van der Waals surface area (Å²) in [6, 6.07) is 11.0. The van der Waals surface area contributed by atoms with E-state index in [-0.39, 0.29) is 5.91 Å². The molecule has 3 nitrogen and oxygen atoms in total. The highest BCUT2D eigenvalue weighted by Crippen LogP contribution is 2.19. The summed E-state index contributed by atoms with van der Waals surface area (Å²) in [5, 5.41) is 3.49. The van der Waals surface area contributed by atoms with Crippen molar-refractivity contribution in [2.45, 2.75) is 20.4 Å². The van der Waals surface area contributed by atoms with E-state index in [1.165, 1.54) is 0 Å². The minimum atomic E-state index is -0.133. The predicted molar refractivity (Wildman–Crippen MR) is 83.0 cm³/mol. The summed E-state index contributed by atoms with van der Waals surface area (Å²) >= 11 is 6.02. The maximum atomic E-state index is 12.2. The minimum Gasteiger partial charge on any atom is -0.399 e. The van der Waals surface area contributed by atoms with Crippen molar-refractivity contribution in [1.29, 1.82) is 0 Å². The quantitative estimate of drug-likeness (QED) is 0.850. The lowest BCUT2D eigenvalue weighted by molar-refractivity contribution is 0.0950. The van der Waals surface area contributed by atoms with Crippen LogP contribution < -0.4 is 11.1 Å². The average molecular weight is 289 g/mol. The van der Waals surface area contributed by atoms with Gasteiger partial charge >= 0.3 is 0 Å². The lowest BCUT2D eigenvalue weighted by Crippen LogP contribution is -2.24. The van der Waals surface area contributed by atoms with E-state index in [4.69, 9.17) is 17.3 Å². The number of hydrogen-bond donors (Lipinski definition) is 2. The van der Waals surface area contributed by atoms with Crippen LogP contribution in [0.2, 0.25) is 5.02 Å². The zero-order valence-electron chi connectivity index (χ0n) is 11.5. The monoisotopic (exact) mass is 288 g/mol. The Morgan fingerprint density at radius 2 is 1.85 bits per heavy atom. The van der Waals surface area contributed by atoms with Crippen LogP contribution in [0.1, 0.15) is 27.0 Å². The standard InChI is InChI=1S/C16H17ClN2O/c1-10-12(5-3-8-15(10)18)9-19-16(20)13-6-4-7-14(17)11(13)2/h3-8H,9,18H2,1-2H3,(H,19,20). The first-order valence-electron chi connectivity index (χ1n) is 6.38. The molecule has 20 heavy (non-hydrogen) atoms. The molecule has 4 heteroatoms. The lowest BCUT2D eigenvalue weighted by atomic mass is 10.1. The van der Waals surface area contributed by atoms with Crippen LogP contribution in [0.15, 0.2) is 36.4 Å². The summed E-state index contributed by atoms with van der Waals surface area (Å²) in [7, 11) is 0. The van der Waals surface area contributed by atoms with Crippen molar-refractivity contribution in [1.82, 2.24) is 5.32 Å². The number of nitrogens with two attached hydrogens (primary N) is 1. The average Bonchev–Trinajstić information content (AvgIpc) is 2.43. The van der Waals surface area contributed by atoms with Crippen LogP contribution in [0, 0.1) is 13.8 Å². The fourth-order valence-corrected chi connectivity index (χ4v) is 2.19. The molecule has 0 aliphatic carbocycles. The lowest BCUT2D eigenvalue weighted by Gasteiger charge is -2.11. The minimum absolute atomic E-state index is 0.133. The van der Waals surface area contributed by atoms with Gasteiger partial charge in [-0.2, -0.15) is 0 Å². The number of rotatable bonds is 3. The van der Waals surface area contributed by atoms with Crippen molar-refractivity contribution in [2.75, 3.05) is 5.73 Å². The van der Waals surface area contributed by atoms with E-state index in [2.05, 4.69) is 5.32 Å². The summed E-state index contributed by atoms with van der Waals surface area (Å²) in [5.74, 6) is -0.133. The number of benzene rings is 2. The molecule has 3 N–H and O–H groups in total. The van der Waals surface area contributed by atoms with Crippen LogP contribution in [0.25, 0.3) is 0 Å². The van der Waals surface area contributed by atoms with Gasteiger partial charge in [-0.1, -0.05) is 29.8 Å². The number of carbonyl (C=O) groups excluding carboxylic acids is 1. The van der Waals surface area contributed by atoms with E-state index in [0.29, 0.717) is 17.1 Å². The Morgan fingerprint density at radius 3 is 2.60 bits per heavy atom. The normalized spacial score (nSPS) is 10.3. The number of anilines is 1. The Labute approximate surface area is 123 Å². The van der Waals surface area contributed by atoms with Crippen molar-refractivity contribution < 1.29 is 4.79 Å². The molecule has 0 heterocycles. The molecule has 0 saturated heterocycles. The zero-order chi connectivity index (χ0) is 14.7. The van der Waals surface area contributed by atoms with E-state index < -0.39 is 0 Å². The smallest absolute Gasteiger partial charge is 0.251 e. The van der Waals surface area contributed by atoms with Crippen LogP contribution in [-0.4, -0.2) is 5.91 Å². The molecule has 2 rings (SSSR count). The highest BCUT2D eigenvalue weighted by atomic mass is 35.5. The largest absolute Gasteiger partial charge is 0.399 e. The van der Waals surface area contributed by atoms with E-state index >= 15 is 0 Å². The van der Waals surface area contributed by atoms with Gasteiger partial charge < -0.3 is 11.1 Å². The van der Waals surface area contributed by atoms with Gasteiger partial charge in [-0.15, -0.1) is 0 Å². The van der Waals surface area contributed by atoms with Crippen molar-refractivity contribution in [3.05, 3.63) is 63.7 Å². The van der Waals surface area contributed by atoms with Crippen molar-refractivity contribution in [2.24, 2.45) is 0 Å². The van der Waals surface area contributed by atoms with Gasteiger partial charge in [-0.3, -0.25) is 4.79 Å². The second kappa shape index (κ2) is 5.97. The first kappa shape index (κ1) is 14.4. The van der Waals surface area contributed by atoms with Crippen LogP contribution >= 0.6 is 11.6 Å². The SMILES string of the molecule is Cc1c(N)cccc1CNC(=O)c1cccc(Cl)c1C. The molecule has 0 fully saturated rings. The third kappa shape index (κ3) is 2.94. The number of amides is 1. The summed E-state index contributed by atoms with van der Waals surface area (Å²) in [5.41, 5.74) is 9.98. The van der Waals surface area contributed by atoms with Gasteiger partial charge in [-0.25, -0.2) is 0 Å². The molecule has 0 aliphatic heterocycles. The molecule has 2 aromatic carbocycles. The number of hydrogen-bond acceptors (Lipinski definition) is 2. The highest BCUT2D eigenvalue weighted by Gasteiger charge is 2.11. The topological polar surface area (TPSA) is 55.1 Å². The Hall–Kier alpha value is -2.00. The van der Waals surface area contributed by atoms with Crippen molar-refractivity contribution in [3.63, 3.8) is 0 Å². The molecule has 0 aromatic heterocycles. The fourth-order valence-electron chi connectivity index (χ4n) is 2.02. The molecule has 1 amide bonds. The molecule has 0 bridgehead atoms. The maximum absolute atomic E-state index is 12.2. The number of nitrogens with one attached hydrogen (secondary N) is 1. The summed E-state index contributed by atoms with van der Waals surface area (Å²) in [4.78, 5) is 12.2. The van der Waals surface area contributed by atoms with Gasteiger partial charge in [0, 0.05) is 22.8 Å². The van der Waals surface area contributed by atoms with Crippen LogP contribution in [0.4, 0.5) is 5.69 Å². The van der Waals surface area contributed by atoms with Gasteiger partial charge in [0.2, 0.25) is 0 Å². The Bertz CT molecular complexity index is 653. The highest BCUT2D eigenvalue weighted by molar-refractivity contribution is 6.31. The van der Waals surface area contributed by atoms with Gasteiger partial charge in [0.1, 0.15) is 0 Å². The van der Waals surface area contributed by atoms with Gasteiger partial charge in [0.15, 0.2) is 0 Å². The fraction of sp³-hybridized carbons (Fsp3) is 0.188.